The number of benzene rings is 1. The summed E-state index contributed by atoms with van der Waals surface area (Å²) in [4.78, 5) is 4.45. The molecule has 0 amide bonds. The molecule has 1 aromatic heterocycles. The van der Waals surface area contributed by atoms with Crippen LogP contribution < -0.4 is 5.32 Å². The predicted molar refractivity (Wildman–Crippen MR) is 72.4 cm³/mol. The molecule has 0 aliphatic heterocycles. The lowest BCUT2D eigenvalue weighted by Crippen LogP contribution is -2.32. The molecule has 3 nitrogen and oxygen atoms in total. The van der Waals surface area contributed by atoms with Crippen molar-refractivity contribution >= 4 is 22.9 Å². The van der Waals surface area contributed by atoms with E-state index in [0.29, 0.717) is 12.0 Å². The summed E-state index contributed by atoms with van der Waals surface area (Å²) >= 11 is 1.67. The van der Waals surface area contributed by atoms with Crippen LogP contribution in [-0.4, -0.2) is 23.8 Å². The van der Waals surface area contributed by atoms with Gasteiger partial charge >= 0.3 is 0 Å². The number of nitrogens with one attached hydrogen (secondary N) is 1. The van der Waals surface area contributed by atoms with Gasteiger partial charge in [0.1, 0.15) is 5.52 Å². The molecule has 2 aromatic rings. The van der Waals surface area contributed by atoms with Crippen LogP contribution in [0.3, 0.4) is 0 Å². The molecule has 4 heteroatoms. The van der Waals surface area contributed by atoms with Crippen molar-refractivity contribution in [3.05, 3.63) is 24.3 Å². The van der Waals surface area contributed by atoms with Crippen LogP contribution in [0.1, 0.15) is 13.8 Å². The van der Waals surface area contributed by atoms with Gasteiger partial charge in [-0.25, -0.2) is 4.98 Å². The molecule has 1 heterocycles. The fraction of sp³-hybridized carbons (Fsp3) is 0.462. The molecule has 0 bridgehead atoms. The summed E-state index contributed by atoms with van der Waals surface area (Å²) in [5.74, 6) is 1.58. The summed E-state index contributed by atoms with van der Waals surface area (Å²) in [6.07, 6.45) is 0. The number of para-hydroxylation sites is 2. The molecule has 1 N–H and O–H groups in total. The first kappa shape index (κ1) is 12.5. The van der Waals surface area contributed by atoms with Gasteiger partial charge in [-0.15, -0.1) is 0 Å². The first-order chi connectivity index (χ1) is 8.20. The molecule has 2 rings (SSSR count). The van der Waals surface area contributed by atoms with Crippen LogP contribution in [0.2, 0.25) is 0 Å². The minimum atomic E-state index is 0.481. The SMILES string of the molecule is CNC(CSc1nc2ccccc2o1)C(C)C. The van der Waals surface area contributed by atoms with Crippen molar-refractivity contribution < 1.29 is 4.42 Å². The van der Waals surface area contributed by atoms with Crippen molar-refractivity contribution in [1.29, 1.82) is 0 Å². The number of aromatic nitrogens is 1. The predicted octanol–water partition coefficient (Wildman–Crippen LogP) is 3.16. The maximum Gasteiger partial charge on any atom is 0.256 e. The van der Waals surface area contributed by atoms with Gasteiger partial charge in [0.05, 0.1) is 0 Å². The first-order valence-electron chi connectivity index (χ1n) is 5.86. The number of oxazole rings is 1. The van der Waals surface area contributed by atoms with Crippen LogP contribution in [-0.2, 0) is 0 Å². The average molecular weight is 250 g/mol. The third kappa shape index (κ3) is 3.01. The Morgan fingerprint density at radius 2 is 2.12 bits per heavy atom. The Kier molecular flexibility index (Phi) is 4.07. The van der Waals surface area contributed by atoms with E-state index in [0.717, 1.165) is 22.1 Å². The average Bonchev–Trinajstić information content (AvgIpc) is 2.71. The zero-order chi connectivity index (χ0) is 12.3. The van der Waals surface area contributed by atoms with Crippen molar-refractivity contribution in [2.75, 3.05) is 12.8 Å². The fourth-order valence-electron chi connectivity index (χ4n) is 1.68. The Morgan fingerprint density at radius 1 is 1.35 bits per heavy atom. The summed E-state index contributed by atoms with van der Waals surface area (Å²) in [7, 11) is 2.00. The molecular weight excluding hydrogens is 232 g/mol. The highest BCUT2D eigenvalue weighted by atomic mass is 32.2. The van der Waals surface area contributed by atoms with E-state index in [4.69, 9.17) is 4.42 Å². The van der Waals surface area contributed by atoms with Gasteiger partial charge in [-0.3, -0.25) is 0 Å². The Labute approximate surface area is 106 Å². The topological polar surface area (TPSA) is 38.1 Å². The molecule has 0 radical (unpaired) electrons. The van der Waals surface area contributed by atoms with E-state index < -0.39 is 0 Å². The molecular formula is C13H18N2OS. The van der Waals surface area contributed by atoms with Crippen LogP contribution in [0.25, 0.3) is 11.1 Å². The van der Waals surface area contributed by atoms with E-state index in [1.54, 1.807) is 11.8 Å². The summed E-state index contributed by atoms with van der Waals surface area (Å²) in [6, 6.07) is 8.34. The summed E-state index contributed by atoms with van der Waals surface area (Å²) in [5.41, 5.74) is 1.79. The lowest BCUT2D eigenvalue weighted by Gasteiger charge is -2.18. The standard InChI is InChI=1S/C13H18N2OS/c1-9(2)11(14-3)8-17-13-15-10-6-4-5-7-12(10)16-13/h4-7,9,11,14H,8H2,1-3H3. The van der Waals surface area contributed by atoms with Gasteiger partial charge in [0, 0.05) is 11.8 Å². The molecule has 1 atom stereocenters. The van der Waals surface area contributed by atoms with Gasteiger partial charge in [0.15, 0.2) is 5.58 Å². The number of thioether (sulfide) groups is 1. The van der Waals surface area contributed by atoms with Gasteiger partial charge < -0.3 is 9.73 Å². The van der Waals surface area contributed by atoms with Crippen molar-refractivity contribution in [3.8, 4) is 0 Å². The van der Waals surface area contributed by atoms with E-state index >= 15 is 0 Å². The largest absolute Gasteiger partial charge is 0.431 e. The smallest absolute Gasteiger partial charge is 0.256 e. The third-order valence-electron chi connectivity index (χ3n) is 2.84. The minimum Gasteiger partial charge on any atom is -0.431 e. The second-order valence-corrected chi connectivity index (χ2v) is 5.37. The van der Waals surface area contributed by atoms with Crippen molar-refractivity contribution in [2.45, 2.75) is 25.1 Å². The molecule has 0 aliphatic rings. The summed E-state index contributed by atoms with van der Waals surface area (Å²) < 4.78 is 5.67. The van der Waals surface area contributed by atoms with Gasteiger partial charge in [0.25, 0.3) is 5.22 Å². The van der Waals surface area contributed by atoms with Crippen LogP contribution in [0.4, 0.5) is 0 Å². The molecule has 1 aromatic carbocycles. The van der Waals surface area contributed by atoms with E-state index in [9.17, 15) is 0 Å². The minimum absolute atomic E-state index is 0.481. The van der Waals surface area contributed by atoms with Gasteiger partial charge in [-0.05, 0) is 25.1 Å². The molecule has 0 aliphatic carbocycles. The zero-order valence-corrected chi connectivity index (χ0v) is 11.3. The van der Waals surface area contributed by atoms with Crippen LogP contribution in [0.15, 0.2) is 33.9 Å². The Hall–Kier alpha value is -1.00. The molecule has 1 unspecified atom stereocenters. The molecule has 0 saturated heterocycles. The maximum atomic E-state index is 5.67. The molecule has 17 heavy (non-hydrogen) atoms. The van der Waals surface area contributed by atoms with E-state index in [2.05, 4.69) is 24.1 Å². The molecule has 92 valence electrons. The normalized spacial score (nSPS) is 13.4. The monoisotopic (exact) mass is 250 g/mol. The van der Waals surface area contributed by atoms with Crippen molar-refractivity contribution in [1.82, 2.24) is 10.3 Å². The number of hydrogen-bond donors (Lipinski definition) is 1. The highest BCUT2D eigenvalue weighted by molar-refractivity contribution is 7.99. The summed E-state index contributed by atoms with van der Waals surface area (Å²) in [5, 5.41) is 4.07. The van der Waals surface area contributed by atoms with E-state index in [1.165, 1.54) is 0 Å². The van der Waals surface area contributed by atoms with Gasteiger partial charge in [-0.1, -0.05) is 37.7 Å². The number of rotatable bonds is 5. The number of hydrogen-bond acceptors (Lipinski definition) is 4. The van der Waals surface area contributed by atoms with Crippen molar-refractivity contribution in [3.63, 3.8) is 0 Å². The quantitative estimate of drug-likeness (QED) is 0.827. The Bertz CT molecular complexity index is 448. The first-order valence-corrected chi connectivity index (χ1v) is 6.85. The summed E-state index contributed by atoms with van der Waals surface area (Å²) in [6.45, 7) is 4.43. The highest BCUT2D eigenvalue weighted by Gasteiger charge is 2.13. The maximum absolute atomic E-state index is 5.67. The van der Waals surface area contributed by atoms with E-state index in [-0.39, 0.29) is 0 Å². The second-order valence-electron chi connectivity index (χ2n) is 4.40. The lowest BCUT2D eigenvalue weighted by molar-refractivity contribution is 0.459. The van der Waals surface area contributed by atoms with Crippen LogP contribution in [0.5, 0.6) is 0 Å². The Balaban J connectivity index is 2.03. The third-order valence-corrected chi connectivity index (χ3v) is 3.78. The van der Waals surface area contributed by atoms with Crippen LogP contribution >= 0.6 is 11.8 Å². The number of nitrogens with zero attached hydrogens (tertiary/aromatic N) is 1. The lowest BCUT2D eigenvalue weighted by atomic mass is 10.1. The van der Waals surface area contributed by atoms with E-state index in [1.807, 2.05) is 31.3 Å². The van der Waals surface area contributed by atoms with Crippen molar-refractivity contribution in [2.24, 2.45) is 5.92 Å². The molecule has 0 fully saturated rings. The van der Waals surface area contributed by atoms with Crippen LogP contribution in [0, 0.1) is 5.92 Å². The van der Waals surface area contributed by atoms with Gasteiger partial charge in [0.2, 0.25) is 0 Å². The number of fused-ring (bicyclic) bond motifs is 1. The second kappa shape index (κ2) is 5.56. The van der Waals surface area contributed by atoms with Gasteiger partial charge in [-0.2, -0.15) is 0 Å². The Morgan fingerprint density at radius 3 is 2.76 bits per heavy atom. The highest BCUT2D eigenvalue weighted by Crippen LogP contribution is 2.24. The molecule has 0 spiro atoms. The fourth-order valence-corrected chi connectivity index (χ4v) is 2.87. The zero-order valence-electron chi connectivity index (χ0n) is 10.4. The molecule has 0 saturated carbocycles.